The first-order valence-electron chi connectivity index (χ1n) is 9.89. The number of thioether (sulfide) groups is 1. The molecule has 0 aliphatic heterocycles. The number of methoxy groups -OCH3 is 1. The summed E-state index contributed by atoms with van der Waals surface area (Å²) in [6, 6.07) is 21.9. The number of hydrogen-bond donors (Lipinski definition) is 1. The normalized spacial score (nSPS) is 10.7. The van der Waals surface area contributed by atoms with Crippen LogP contribution in [0, 0.1) is 12.7 Å². The Morgan fingerprint density at radius 2 is 1.81 bits per heavy atom. The van der Waals surface area contributed by atoms with Crippen molar-refractivity contribution in [3.8, 4) is 22.8 Å². The Bertz CT molecular complexity index is 1230. The zero-order valence-electron chi connectivity index (χ0n) is 17.6. The maximum atomic E-state index is 13.7. The van der Waals surface area contributed by atoms with Crippen LogP contribution in [0.3, 0.4) is 0 Å². The van der Waals surface area contributed by atoms with E-state index >= 15 is 0 Å². The number of hydrogen-bond acceptors (Lipinski definition) is 5. The molecule has 1 aromatic heterocycles. The third kappa shape index (κ3) is 4.81. The van der Waals surface area contributed by atoms with Crippen LogP contribution in [-0.2, 0) is 4.79 Å². The number of carbonyl (C=O) groups is 1. The molecule has 32 heavy (non-hydrogen) atoms. The summed E-state index contributed by atoms with van der Waals surface area (Å²) < 4.78 is 20.9. The molecule has 0 unspecified atom stereocenters. The second kappa shape index (κ2) is 9.65. The number of benzene rings is 3. The summed E-state index contributed by atoms with van der Waals surface area (Å²) in [4.78, 5) is 12.5. The third-order valence-electron chi connectivity index (χ3n) is 4.78. The van der Waals surface area contributed by atoms with Crippen molar-refractivity contribution >= 4 is 23.4 Å². The van der Waals surface area contributed by atoms with E-state index in [0.717, 1.165) is 17.0 Å². The first kappa shape index (κ1) is 21.6. The summed E-state index contributed by atoms with van der Waals surface area (Å²) in [5, 5.41) is 12.0. The van der Waals surface area contributed by atoms with E-state index < -0.39 is 0 Å². The second-order valence-electron chi connectivity index (χ2n) is 7.01. The molecule has 3 aromatic carbocycles. The Kier molecular flexibility index (Phi) is 6.51. The van der Waals surface area contributed by atoms with E-state index in [-0.39, 0.29) is 17.5 Å². The summed E-state index contributed by atoms with van der Waals surface area (Å²) in [5.41, 5.74) is 2.70. The van der Waals surface area contributed by atoms with Crippen molar-refractivity contribution in [2.24, 2.45) is 0 Å². The smallest absolute Gasteiger partial charge is 0.234 e. The summed E-state index contributed by atoms with van der Waals surface area (Å²) in [6.07, 6.45) is 0. The van der Waals surface area contributed by atoms with Crippen molar-refractivity contribution in [3.63, 3.8) is 0 Å². The highest BCUT2D eigenvalue weighted by Gasteiger charge is 2.17. The number of para-hydroxylation sites is 1. The zero-order valence-corrected chi connectivity index (χ0v) is 18.4. The van der Waals surface area contributed by atoms with Crippen LogP contribution in [0.5, 0.6) is 5.75 Å². The number of anilines is 1. The molecule has 0 atom stereocenters. The number of ether oxygens (including phenoxy) is 1. The largest absolute Gasteiger partial charge is 0.497 e. The molecular formula is C24H21FN4O2S. The van der Waals surface area contributed by atoms with Gasteiger partial charge in [0.1, 0.15) is 11.6 Å². The van der Waals surface area contributed by atoms with Crippen molar-refractivity contribution in [3.05, 3.63) is 84.2 Å². The molecule has 1 amide bonds. The van der Waals surface area contributed by atoms with Gasteiger partial charge in [0.05, 0.1) is 12.9 Å². The topological polar surface area (TPSA) is 69.0 Å². The molecule has 0 saturated carbocycles. The molecule has 0 fully saturated rings. The van der Waals surface area contributed by atoms with E-state index in [2.05, 4.69) is 15.5 Å². The summed E-state index contributed by atoms with van der Waals surface area (Å²) >= 11 is 1.26. The molecule has 8 heteroatoms. The molecule has 4 rings (SSSR count). The fourth-order valence-electron chi connectivity index (χ4n) is 3.10. The lowest BCUT2D eigenvalue weighted by molar-refractivity contribution is -0.113. The average Bonchev–Trinajstić information content (AvgIpc) is 3.25. The van der Waals surface area contributed by atoms with Gasteiger partial charge in [-0.15, -0.1) is 10.2 Å². The minimum Gasteiger partial charge on any atom is -0.497 e. The molecule has 162 valence electrons. The van der Waals surface area contributed by atoms with Crippen LogP contribution in [0.2, 0.25) is 0 Å². The predicted molar refractivity (Wildman–Crippen MR) is 124 cm³/mol. The van der Waals surface area contributed by atoms with Crippen LogP contribution in [0.25, 0.3) is 17.1 Å². The SMILES string of the molecule is COc1ccc(-c2nnc(SCC(=O)Nc3ccc(C)c(F)c3)n2-c2ccccc2)cc1. The molecule has 0 bridgehead atoms. The molecule has 6 nitrogen and oxygen atoms in total. The van der Waals surface area contributed by atoms with E-state index in [9.17, 15) is 9.18 Å². The van der Waals surface area contributed by atoms with Gasteiger partial charge < -0.3 is 10.1 Å². The van der Waals surface area contributed by atoms with Gasteiger partial charge in [-0.3, -0.25) is 9.36 Å². The van der Waals surface area contributed by atoms with E-state index in [1.54, 1.807) is 26.2 Å². The lowest BCUT2D eigenvalue weighted by Crippen LogP contribution is -2.14. The fourth-order valence-corrected chi connectivity index (χ4v) is 3.85. The number of aryl methyl sites for hydroxylation is 1. The van der Waals surface area contributed by atoms with Crippen LogP contribution in [0.1, 0.15) is 5.56 Å². The monoisotopic (exact) mass is 448 g/mol. The van der Waals surface area contributed by atoms with Gasteiger partial charge in [0.25, 0.3) is 0 Å². The van der Waals surface area contributed by atoms with Gasteiger partial charge in [-0.1, -0.05) is 36.0 Å². The van der Waals surface area contributed by atoms with Crippen molar-refractivity contribution in [2.75, 3.05) is 18.2 Å². The molecule has 1 N–H and O–H groups in total. The van der Waals surface area contributed by atoms with Crippen LogP contribution < -0.4 is 10.1 Å². The van der Waals surface area contributed by atoms with Gasteiger partial charge in [0.2, 0.25) is 5.91 Å². The van der Waals surface area contributed by atoms with Crippen molar-refractivity contribution < 1.29 is 13.9 Å². The van der Waals surface area contributed by atoms with Gasteiger partial charge >= 0.3 is 0 Å². The van der Waals surface area contributed by atoms with E-state index in [4.69, 9.17) is 4.74 Å². The summed E-state index contributed by atoms with van der Waals surface area (Å²) in [7, 11) is 1.62. The minimum atomic E-state index is -0.358. The molecule has 0 spiro atoms. The highest BCUT2D eigenvalue weighted by atomic mass is 32.2. The quantitative estimate of drug-likeness (QED) is 0.398. The van der Waals surface area contributed by atoms with E-state index in [0.29, 0.717) is 22.2 Å². The Morgan fingerprint density at radius 1 is 1.06 bits per heavy atom. The van der Waals surface area contributed by atoms with E-state index in [1.807, 2.05) is 59.2 Å². The van der Waals surface area contributed by atoms with Crippen molar-refractivity contribution in [2.45, 2.75) is 12.1 Å². The molecule has 0 radical (unpaired) electrons. The molecular weight excluding hydrogens is 427 g/mol. The van der Waals surface area contributed by atoms with Gasteiger partial charge in [-0.25, -0.2) is 4.39 Å². The maximum Gasteiger partial charge on any atom is 0.234 e. The Hall–Kier alpha value is -3.65. The van der Waals surface area contributed by atoms with Gasteiger partial charge in [-0.05, 0) is 61.0 Å². The number of carbonyl (C=O) groups excluding carboxylic acids is 1. The maximum absolute atomic E-state index is 13.7. The number of nitrogens with one attached hydrogen (secondary N) is 1. The standard InChI is InChI=1S/C24H21FN4O2S/c1-16-8-11-18(14-21(16)25)26-22(30)15-32-24-28-27-23(17-9-12-20(31-2)13-10-17)29(24)19-6-4-3-5-7-19/h3-14H,15H2,1-2H3,(H,26,30). The van der Waals surface area contributed by atoms with Crippen LogP contribution in [0.15, 0.2) is 78.0 Å². The summed E-state index contributed by atoms with van der Waals surface area (Å²) in [5.74, 6) is 0.888. The second-order valence-corrected chi connectivity index (χ2v) is 7.95. The fraction of sp³-hybridized carbons (Fsp3) is 0.125. The molecule has 4 aromatic rings. The number of halogens is 1. The summed E-state index contributed by atoms with van der Waals surface area (Å²) in [6.45, 7) is 1.67. The number of rotatable bonds is 7. The third-order valence-corrected chi connectivity index (χ3v) is 5.71. The zero-order chi connectivity index (χ0) is 22.5. The molecule has 0 saturated heterocycles. The number of nitrogens with zero attached hydrogens (tertiary/aromatic N) is 3. The van der Waals surface area contributed by atoms with E-state index in [1.165, 1.54) is 17.8 Å². The van der Waals surface area contributed by atoms with Crippen LogP contribution >= 0.6 is 11.8 Å². The molecule has 0 aliphatic rings. The van der Waals surface area contributed by atoms with Gasteiger partial charge in [-0.2, -0.15) is 0 Å². The highest BCUT2D eigenvalue weighted by Crippen LogP contribution is 2.29. The number of aromatic nitrogens is 3. The highest BCUT2D eigenvalue weighted by molar-refractivity contribution is 7.99. The Labute approximate surface area is 189 Å². The number of amides is 1. The lowest BCUT2D eigenvalue weighted by atomic mass is 10.2. The molecule has 0 aliphatic carbocycles. The van der Waals surface area contributed by atoms with Crippen LogP contribution in [-0.4, -0.2) is 33.5 Å². The predicted octanol–water partition coefficient (Wildman–Crippen LogP) is 5.12. The first-order chi connectivity index (χ1) is 15.5. The Balaban J connectivity index is 1.57. The average molecular weight is 449 g/mol. The molecule has 1 heterocycles. The lowest BCUT2D eigenvalue weighted by Gasteiger charge is -2.11. The van der Waals surface area contributed by atoms with Crippen LogP contribution in [0.4, 0.5) is 10.1 Å². The van der Waals surface area contributed by atoms with Gasteiger partial charge in [0, 0.05) is 16.9 Å². The van der Waals surface area contributed by atoms with Crippen molar-refractivity contribution in [1.29, 1.82) is 0 Å². The minimum absolute atomic E-state index is 0.100. The Morgan fingerprint density at radius 3 is 2.50 bits per heavy atom. The van der Waals surface area contributed by atoms with Crippen molar-refractivity contribution in [1.82, 2.24) is 14.8 Å². The first-order valence-corrected chi connectivity index (χ1v) is 10.9. The van der Waals surface area contributed by atoms with Gasteiger partial charge in [0.15, 0.2) is 11.0 Å².